The van der Waals surface area contributed by atoms with Crippen molar-refractivity contribution in [1.29, 1.82) is 0 Å². The van der Waals surface area contributed by atoms with E-state index < -0.39 is 8.32 Å². The van der Waals surface area contributed by atoms with Crippen molar-refractivity contribution in [2.24, 2.45) is 0 Å². The van der Waals surface area contributed by atoms with Crippen LogP contribution >= 0.6 is 0 Å². The van der Waals surface area contributed by atoms with Gasteiger partial charge in [0.2, 0.25) is 8.32 Å². The van der Waals surface area contributed by atoms with Crippen molar-refractivity contribution in [3.05, 3.63) is 12.3 Å². The first kappa shape index (κ1) is 12.5. The Hall–Kier alpha value is 0.861. The normalized spacial score (nSPS) is 11.1. The van der Waals surface area contributed by atoms with E-state index in [4.69, 9.17) is 4.43 Å². The van der Waals surface area contributed by atoms with Gasteiger partial charge >= 0.3 is 0 Å². The SMILES string of the molecule is CC=[C-]O[Si](C)(C)C.[Y]. The van der Waals surface area contributed by atoms with Gasteiger partial charge in [0.1, 0.15) is 0 Å². The fourth-order valence-corrected chi connectivity index (χ4v) is 0.707. The summed E-state index contributed by atoms with van der Waals surface area (Å²) in [4.78, 5) is 0. The summed E-state index contributed by atoms with van der Waals surface area (Å²) in [7, 11) is -1.32. The minimum absolute atomic E-state index is 0. The standard InChI is InChI=1S/C6H13OSi.Y/c1-5-6-7-8(2,3)4;/h5H,1-4H3;/q-1;. The summed E-state index contributed by atoms with van der Waals surface area (Å²) in [5.41, 5.74) is 0. The molecule has 0 atom stereocenters. The van der Waals surface area contributed by atoms with E-state index in [1.54, 1.807) is 6.08 Å². The van der Waals surface area contributed by atoms with Gasteiger partial charge in [0, 0.05) is 32.7 Å². The first-order valence-corrected chi connectivity index (χ1v) is 6.18. The molecule has 51 valence electrons. The Morgan fingerprint density at radius 2 is 1.78 bits per heavy atom. The smallest absolute Gasteiger partial charge is 0.202 e. The topological polar surface area (TPSA) is 9.23 Å². The molecular formula is C6H13OSiY-. The first-order valence-electron chi connectivity index (χ1n) is 2.77. The minimum atomic E-state index is -1.32. The fourth-order valence-electron chi connectivity index (χ4n) is 0.236. The third-order valence-corrected chi connectivity index (χ3v) is 1.21. The molecule has 0 aromatic carbocycles. The van der Waals surface area contributed by atoms with E-state index in [1.165, 1.54) is 0 Å². The van der Waals surface area contributed by atoms with Gasteiger partial charge in [-0.1, -0.05) is 6.92 Å². The maximum atomic E-state index is 5.21. The maximum Gasteiger partial charge on any atom is 0.202 e. The van der Waals surface area contributed by atoms with Gasteiger partial charge in [-0.15, -0.1) is 0 Å². The van der Waals surface area contributed by atoms with Crippen molar-refractivity contribution in [2.75, 3.05) is 0 Å². The van der Waals surface area contributed by atoms with E-state index in [2.05, 4.69) is 25.9 Å². The average Bonchev–Trinajstić information content (AvgIpc) is 1.59. The van der Waals surface area contributed by atoms with Crippen LogP contribution in [0.2, 0.25) is 19.6 Å². The number of allylic oxidation sites excluding steroid dienone is 1. The molecule has 0 rings (SSSR count). The quantitative estimate of drug-likeness (QED) is 0.392. The van der Waals surface area contributed by atoms with Crippen LogP contribution in [0.25, 0.3) is 0 Å². The Bertz CT molecular complexity index is 85.5. The fraction of sp³-hybridized carbons (Fsp3) is 0.667. The molecule has 0 spiro atoms. The summed E-state index contributed by atoms with van der Waals surface area (Å²) in [6.45, 7) is 8.29. The van der Waals surface area contributed by atoms with Crippen LogP contribution in [-0.4, -0.2) is 8.32 Å². The van der Waals surface area contributed by atoms with E-state index in [0.717, 1.165) is 0 Å². The predicted octanol–water partition coefficient (Wildman–Crippen LogP) is 2.17. The molecule has 0 aromatic heterocycles. The molecule has 0 N–H and O–H groups in total. The monoisotopic (exact) mass is 218 g/mol. The van der Waals surface area contributed by atoms with Crippen LogP contribution < -0.4 is 0 Å². The van der Waals surface area contributed by atoms with Crippen molar-refractivity contribution < 1.29 is 37.1 Å². The molecule has 1 radical (unpaired) electrons. The average molecular weight is 218 g/mol. The molecule has 0 heterocycles. The van der Waals surface area contributed by atoms with E-state index in [1.807, 2.05) is 6.92 Å². The van der Waals surface area contributed by atoms with E-state index in [-0.39, 0.29) is 32.7 Å². The summed E-state index contributed by atoms with van der Waals surface area (Å²) >= 11 is 0. The zero-order chi connectivity index (χ0) is 6.62. The second kappa shape index (κ2) is 5.63. The minimum Gasteiger partial charge on any atom is -0.745 e. The zero-order valence-corrected chi connectivity index (χ0v) is 10.4. The van der Waals surface area contributed by atoms with Gasteiger partial charge in [-0.05, 0) is 19.6 Å². The zero-order valence-electron chi connectivity index (χ0n) is 6.56. The number of hydrogen-bond donors (Lipinski definition) is 0. The van der Waals surface area contributed by atoms with Gasteiger partial charge in [-0.3, -0.25) is 0 Å². The van der Waals surface area contributed by atoms with E-state index in [0.29, 0.717) is 0 Å². The van der Waals surface area contributed by atoms with Gasteiger partial charge in [-0.2, -0.15) is 0 Å². The molecule has 0 saturated carbocycles. The molecule has 9 heavy (non-hydrogen) atoms. The molecule has 0 aliphatic heterocycles. The molecule has 1 nitrogen and oxygen atoms in total. The van der Waals surface area contributed by atoms with Crippen LogP contribution in [0.5, 0.6) is 0 Å². The number of rotatable bonds is 2. The van der Waals surface area contributed by atoms with Gasteiger partial charge in [0.15, 0.2) is 0 Å². The van der Waals surface area contributed by atoms with Gasteiger partial charge in [0.25, 0.3) is 0 Å². The Kier molecular flexibility index (Phi) is 7.84. The van der Waals surface area contributed by atoms with Gasteiger partial charge < -0.3 is 10.7 Å². The molecule has 0 unspecified atom stereocenters. The molecule has 0 bridgehead atoms. The van der Waals surface area contributed by atoms with Crippen molar-refractivity contribution >= 4 is 8.32 Å². The molecule has 0 amide bonds. The molecule has 0 saturated heterocycles. The third kappa shape index (κ3) is 12.1. The molecule has 0 aliphatic carbocycles. The molecular weight excluding hydrogens is 205 g/mol. The van der Waals surface area contributed by atoms with Crippen molar-refractivity contribution in [1.82, 2.24) is 0 Å². The van der Waals surface area contributed by atoms with Crippen LogP contribution in [0.1, 0.15) is 6.92 Å². The van der Waals surface area contributed by atoms with E-state index >= 15 is 0 Å². The van der Waals surface area contributed by atoms with Crippen LogP contribution in [0.3, 0.4) is 0 Å². The van der Waals surface area contributed by atoms with Crippen LogP contribution in [0.15, 0.2) is 6.08 Å². The maximum absolute atomic E-state index is 5.21. The molecule has 3 heteroatoms. The van der Waals surface area contributed by atoms with Crippen LogP contribution in [-0.2, 0) is 37.1 Å². The predicted molar refractivity (Wildman–Crippen MR) is 37.9 cm³/mol. The van der Waals surface area contributed by atoms with Crippen molar-refractivity contribution in [3.63, 3.8) is 0 Å². The van der Waals surface area contributed by atoms with Crippen LogP contribution in [0.4, 0.5) is 0 Å². The van der Waals surface area contributed by atoms with Crippen molar-refractivity contribution in [2.45, 2.75) is 26.6 Å². The summed E-state index contributed by atoms with van der Waals surface area (Å²) in [6, 6.07) is 0. The second-order valence-corrected chi connectivity index (χ2v) is 7.05. The molecule has 0 aliphatic rings. The summed E-state index contributed by atoms with van der Waals surface area (Å²) in [5.74, 6) is 0. The van der Waals surface area contributed by atoms with Crippen LogP contribution in [0, 0.1) is 6.26 Å². The Labute approximate surface area is 83.9 Å². The Morgan fingerprint density at radius 3 is 1.89 bits per heavy atom. The summed E-state index contributed by atoms with van der Waals surface area (Å²) < 4.78 is 5.21. The summed E-state index contributed by atoms with van der Waals surface area (Å²) in [6.07, 6.45) is 4.51. The Balaban J connectivity index is 0. The molecule has 0 aromatic rings. The molecule has 0 fully saturated rings. The van der Waals surface area contributed by atoms with Gasteiger partial charge in [-0.25, -0.2) is 6.08 Å². The first-order chi connectivity index (χ1) is 3.56. The Morgan fingerprint density at radius 1 is 1.33 bits per heavy atom. The largest absolute Gasteiger partial charge is 0.745 e. The van der Waals surface area contributed by atoms with E-state index in [9.17, 15) is 0 Å². The second-order valence-electron chi connectivity index (χ2n) is 2.62. The van der Waals surface area contributed by atoms with Gasteiger partial charge in [0.05, 0.1) is 0 Å². The van der Waals surface area contributed by atoms with Crippen molar-refractivity contribution in [3.8, 4) is 0 Å². The summed E-state index contributed by atoms with van der Waals surface area (Å²) in [5, 5.41) is 0. The third-order valence-electron chi connectivity index (χ3n) is 0.483. The number of hydrogen-bond acceptors (Lipinski definition) is 1.